The quantitative estimate of drug-likeness (QED) is 0.439. The van der Waals surface area contributed by atoms with E-state index in [9.17, 15) is 9.59 Å². The summed E-state index contributed by atoms with van der Waals surface area (Å²) in [5.41, 5.74) is 0.872. The van der Waals surface area contributed by atoms with Gasteiger partial charge in [-0.2, -0.15) is 0 Å². The molecule has 0 aliphatic heterocycles. The first-order valence-electron chi connectivity index (χ1n) is 9.34. The van der Waals surface area contributed by atoms with Gasteiger partial charge in [-0.25, -0.2) is 4.98 Å². The fourth-order valence-corrected chi connectivity index (χ4v) is 2.67. The highest BCUT2D eigenvalue weighted by atomic mass is 16.5. The first kappa shape index (κ1) is 21.2. The van der Waals surface area contributed by atoms with E-state index in [1.807, 2.05) is 35.0 Å². The molecule has 0 spiro atoms. The number of esters is 1. The van der Waals surface area contributed by atoms with Gasteiger partial charge in [-0.1, -0.05) is 12.1 Å². The summed E-state index contributed by atoms with van der Waals surface area (Å²) in [5.74, 6) is 0.290. The smallest absolute Gasteiger partial charge is 0.307 e. The second kappa shape index (κ2) is 11.6. The van der Waals surface area contributed by atoms with E-state index >= 15 is 0 Å². The molecule has 0 aliphatic rings. The Labute approximate surface area is 165 Å². The molecule has 0 saturated heterocycles. The molecular weight excluding hydrogens is 358 g/mol. The maximum absolute atomic E-state index is 12.7. The molecule has 0 radical (unpaired) electrons. The summed E-state index contributed by atoms with van der Waals surface area (Å²) in [6.45, 7) is 3.72. The molecule has 150 valence electrons. The number of carbonyl (C=O) groups is 2. The van der Waals surface area contributed by atoms with Crippen LogP contribution >= 0.6 is 0 Å². The van der Waals surface area contributed by atoms with Crippen molar-refractivity contribution >= 4 is 18.0 Å². The van der Waals surface area contributed by atoms with Crippen molar-refractivity contribution in [3.63, 3.8) is 0 Å². The molecule has 0 bridgehead atoms. The van der Waals surface area contributed by atoms with Gasteiger partial charge >= 0.3 is 5.97 Å². The molecule has 1 aromatic carbocycles. The minimum Gasteiger partial charge on any atom is -0.497 e. The second-order valence-electron chi connectivity index (χ2n) is 6.14. The van der Waals surface area contributed by atoms with Gasteiger partial charge in [0, 0.05) is 38.1 Å². The zero-order valence-electron chi connectivity index (χ0n) is 16.4. The number of nitrogens with zero attached hydrogens (tertiary/aromatic N) is 3. The van der Waals surface area contributed by atoms with E-state index in [1.165, 1.54) is 6.08 Å². The number of aryl methyl sites for hydroxylation is 1. The number of benzene rings is 1. The molecule has 0 N–H and O–H groups in total. The number of hydrogen-bond acceptors (Lipinski definition) is 5. The van der Waals surface area contributed by atoms with E-state index in [1.54, 1.807) is 37.5 Å². The fourth-order valence-electron chi connectivity index (χ4n) is 2.67. The normalized spacial score (nSPS) is 10.8. The van der Waals surface area contributed by atoms with Crippen LogP contribution in [0, 0.1) is 0 Å². The molecule has 2 rings (SSSR count). The molecule has 7 heteroatoms. The third kappa shape index (κ3) is 7.26. The van der Waals surface area contributed by atoms with Gasteiger partial charge in [0.05, 0.1) is 26.5 Å². The molecule has 0 aliphatic carbocycles. The van der Waals surface area contributed by atoms with Crippen LogP contribution in [0.4, 0.5) is 0 Å². The molecular formula is C21H27N3O4. The minimum atomic E-state index is -0.299. The van der Waals surface area contributed by atoms with E-state index in [2.05, 4.69) is 4.98 Å². The predicted octanol–water partition coefficient (Wildman–Crippen LogP) is 2.78. The lowest BCUT2D eigenvalue weighted by molar-refractivity contribution is -0.143. The van der Waals surface area contributed by atoms with Crippen LogP contribution in [-0.2, 0) is 20.9 Å². The van der Waals surface area contributed by atoms with Crippen LogP contribution < -0.4 is 4.74 Å². The van der Waals surface area contributed by atoms with Crippen molar-refractivity contribution in [3.05, 3.63) is 54.6 Å². The van der Waals surface area contributed by atoms with E-state index in [-0.39, 0.29) is 18.3 Å². The van der Waals surface area contributed by atoms with Gasteiger partial charge in [0.1, 0.15) is 5.75 Å². The molecule has 1 amide bonds. The Bertz CT molecular complexity index is 772. The van der Waals surface area contributed by atoms with Crippen LogP contribution in [0.3, 0.4) is 0 Å². The average molecular weight is 385 g/mol. The van der Waals surface area contributed by atoms with Crippen molar-refractivity contribution in [2.24, 2.45) is 0 Å². The first-order chi connectivity index (χ1) is 13.6. The van der Waals surface area contributed by atoms with E-state index in [0.717, 1.165) is 24.3 Å². The average Bonchev–Trinajstić information content (AvgIpc) is 3.22. The molecule has 1 heterocycles. The number of amides is 1. The molecule has 2 aromatic rings. The lowest BCUT2D eigenvalue weighted by Crippen LogP contribution is -2.33. The molecule has 1 aromatic heterocycles. The Balaban J connectivity index is 1.97. The lowest BCUT2D eigenvalue weighted by atomic mass is 10.2. The summed E-state index contributed by atoms with van der Waals surface area (Å²) in [5, 5.41) is 0. The first-order valence-corrected chi connectivity index (χ1v) is 9.34. The molecule has 0 unspecified atom stereocenters. The van der Waals surface area contributed by atoms with Crippen molar-refractivity contribution in [2.45, 2.75) is 26.3 Å². The van der Waals surface area contributed by atoms with Gasteiger partial charge in [0.25, 0.3) is 0 Å². The Morgan fingerprint density at radius 2 is 2.14 bits per heavy atom. The molecule has 7 nitrogen and oxygen atoms in total. The summed E-state index contributed by atoms with van der Waals surface area (Å²) in [4.78, 5) is 30.0. The van der Waals surface area contributed by atoms with Gasteiger partial charge in [0.15, 0.2) is 0 Å². The monoisotopic (exact) mass is 385 g/mol. The third-order valence-electron chi connectivity index (χ3n) is 4.12. The Hall–Kier alpha value is -3.09. The third-order valence-corrected chi connectivity index (χ3v) is 4.12. The highest BCUT2D eigenvalue weighted by molar-refractivity contribution is 5.92. The zero-order chi connectivity index (χ0) is 20.2. The Kier molecular flexibility index (Phi) is 8.78. The van der Waals surface area contributed by atoms with Gasteiger partial charge in [-0.3, -0.25) is 9.59 Å². The number of carbonyl (C=O) groups excluding carboxylic acids is 2. The van der Waals surface area contributed by atoms with E-state index in [0.29, 0.717) is 19.7 Å². The van der Waals surface area contributed by atoms with Gasteiger partial charge in [-0.15, -0.1) is 0 Å². The number of imidazole rings is 1. The van der Waals surface area contributed by atoms with Crippen molar-refractivity contribution in [2.75, 3.05) is 26.8 Å². The predicted molar refractivity (Wildman–Crippen MR) is 107 cm³/mol. The van der Waals surface area contributed by atoms with Gasteiger partial charge in [0.2, 0.25) is 5.91 Å². The van der Waals surface area contributed by atoms with Crippen LogP contribution in [0.2, 0.25) is 0 Å². The lowest BCUT2D eigenvalue weighted by Gasteiger charge is -2.21. The van der Waals surface area contributed by atoms with E-state index in [4.69, 9.17) is 9.47 Å². The van der Waals surface area contributed by atoms with Crippen LogP contribution in [0.15, 0.2) is 49.1 Å². The van der Waals surface area contributed by atoms with Crippen molar-refractivity contribution < 1.29 is 19.1 Å². The summed E-state index contributed by atoms with van der Waals surface area (Å²) < 4.78 is 12.1. The highest BCUT2D eigenvalue weighted by Crippen LogP contribution is 2.14. The number of aromatic nitrogens is 2. The fraction of sp³-hybridized carbons (Fsp3) is 0.381. The highest BCUT2D eigenvalue weighted by Gasteiger charge is 2.13. The molecule has 0 atom stereocenters. The maximum atomic E-state index is 12.7. The maximum Gasteiger partial charge on any atom is 0.307 e. The zero-order valence-corrected chi connectivity index (χ0v) is 16.4. The molecule has 28 heavy (non-hydrogen) atoms. The summed E-state index contributed by atoms with van der Waals surface area (Å²) in [6, 6.07) is 7.47. The summed E-state index contributed by atoms with van der Waals surface area (Å²) in [7, 11) is 1.60. The minimum absolute atomic E-state index is 0.141. The number of methoxy groups -OCH3 is 1. The van der Waals surface area contributed by atoms with Crippen LogP contribution in [0.5, 0.6) is 5.75 Å². The number of rotatable bonds is 11. The van der Waals surface area contributed by atoms with Crippen LogP contribution in [0.1, 0.15) is 25.3 Å². The standard InChI is InChI=1S/C21H27N3O4/c1-3-28-21(26)10-14-24(13-5-12-23-15-11-22-17-23)20(25)9-8-18-6-4-7-19(16-18)27-2/h4,6-9,11,15-17H,3,5,10,12-14H2,1-2H3/b9-8+. The Morgan fingerprint density at radius 1 is 1.29 bits per heavy atom. The largest absolute Gasteiger partial charge is 0.497 e. The van der Waals surface area contributed by atoms with Crippen molar-refractivity contribution in [1.82, 2.24) is 14.5 Å². The molecule has 0 fully saturated rings. The van der Waals surface area contributed by atoms with E-state index < -0.39 is 0 Å². The SMILES string of the molecule is CCOC(=O)CCN(CCCn1ccnc1)C(=O)/C=C/c1cccc(OC)c1. The number of hydrogen-bond donors (Lipinski definition) is 0. The van der Waals surface area contributed by atoms with Crippen LogP contribution in [-0.4, -0.2) is 53.1 Å². The Morgan fingerprint density at radius 3 is 2.86 bits per heavy atom. The molecule has 0 saturated carbocycles. The second-order valence-corrected chi connectivity index (χ2v) is 6.14. The summed E-state index contributed by atoms with van der Waals surface area (Å²) >= 11 is 0. The topological polar surface area (TPSA) is 73.7 Å². The van der Waals surface area contributed by atoms with Crippen molar-refractivity contribution in [3.8, 4) is 5.75 Å². The number of ether oxygens (including phenoxy) is 2. The van der Waals surface area contributed by atoms with Crippen LogP contribution in [0.25, 0.3) is 6.08 Å². The summed E-state index contributed by atoms with van der Waals surface area (Å²) in [6.07, 6.45) is 9.56. The van der Waals surface area contributed by atoms with Crippen molar-refractivity contribution in [1.29, 1.82) is 0 Å². The van der Waals surface area contributed by atoms with Gasteiger partial charge < -0.3 is 18.9 Å². The van der Waals surface area contributed by atoms with Gasteiger partial charge in [-0.05, 0) is 37.1 Å².